The number of carbonyl (C=O) groups excluding carboxylic acids is 1. The number of aliphatic hydroxyl groups is 10. The normalized spacial score (nSPS) is 25.8. The topological polar surface area (TPSA) is 268 Å². The molecule has 0 radical (unpaired) electrons. The molecule has 71 heavy (non-hydrogen) atoms. The average Bonchev–Trinajstić information content (AvgIpc) is 3.65. The Morgan fingerprint density at radius 1 is 0.507 bits per heavy atom. The third kappa shape index (κ3) is 28.0. The SMILES string of the molecule is CCCCCCCCCCCCCCCCCCCCCC[C@@H](O)C(=O)N[C@@H](CO[C@H]1O[C@H](CO)[C@H](O)[C@H](O[C@@H]2O[C@@H]([C@H](O)CO)[C@H](O)[C@H]2O)[C@H]1O)[C@H](O)[C@H](O)CCCCCCCCCCCCCCC. The monoisotopic (exact) mass is 1020 g/mol. The van der Waals surface area contributed by atoms with Crippen LogP contribution in [0.25, 0.3) is 0 Å². The largest absolute Gasteiger partial charge is 0.394 e. The van der Waals surface area contributed by atoms with Gasteiger partial charge >= 0.3 is 0 Å². The van der Waals surface area contributed by atoms with E-state index in [9.17, 15) is 55.9 Å². The van der Waals surface area contributed by atoms with Gasteiger partial charge in [0.05, 0.1) is 32.0 Å². The molecule has 16 heteroatoms. The molecule has 0 bridgehead atoms. The smallest absolute Gasteiger partial charge is 0.249 e. The maximum atomic E-state index is 13.4. The van der Waals surface area contributed by atoms with Gasteiger partial charge in [-0.25, -0.2) is 0 Å². The van der Waals surface area contributed by atoms with Gasteiger partial charge in [-0.2, -0.15) is 0 Å². The third-order valence-corrected chi connectivity index (χ3v) is 14.7. The number of hydrogen-bond acceptors (Lipinski definition) is 15. The second kappa shape index (κ2) is 42.1. The number of nitrogens with one attached hydrogen (secondary N) is 1. The fourth-order valence-electron chi connectivity index (χ4n) is 9.95. The van der Waals surface area contributed by atoms with Gasteiger partial charge in [-0.3, -0.25) is 4.79 Å². The van der Waals surface area contributed by atoms with E-state index in [-0.39, 0.29) is 12.8 Å². The zero-order valence-electron chi connectivity index (χ0n) is 44.5. The van der Waals surface area contributed by atoms with E-state index < -0.39 is 111 Å². The van der Waals surface area contributed by atoms with E-state index in [1.54, 1.807) is 0 Å². The Kier molecular flexibility index (Phi) is 39.1. The standard InChI is InChI=1S/C55H107NO15/c1-3-5-7-9-11-13-15-17-18-19-20-21-22-23-25-27-29-31-33-35-37-43(60)53(67)56-41(46(62)42(59)36-34-32-30-28-26-24-16-14-12-10-8-6-4-2)40-68-54-50(66)52(47(63)45(39-58)69-54)71-55-49(65)48(64)51(70-55)44(61)38-57/h41-52,54-55,57-66H,3-40H2,1-2H3,(H,56,67)/t41-,42+,43+,44+,45+,46-,47-,48+,49+,50+,51-,52-,54-,55-/m0/s1. The summed E-state index contributed by atoms with van der Waals surface area (Å²) in [6.07, 6.45) is 19.8. The van der Waals surface area contributed by atoms with Crippen molar-refractivity contribution in [2.45, 2.75) is 324 Å². The zero-order chi connectivity index (χ0) is 52.1. The number of carbonyl (C=O) groups is 1. The Balaban J connectivity index is 1.85. The van der Waals surface area contributed by atoms with Crippen LogP contribution in [0, 0.1) is 0 Å². The molecule has 2 saturated heterocycles. The Labute approximate surface area is 429 Å². The summed E-state index contributed by atoms with van der Waals surface area (Å²) in [5.74, 6) is -0.760. The van der Waals surface area contributed by atoms with Crippen molar-refractivity contribution in [3.05, 3.63) is 0 Å². The molecule has 2 aliphatic rings. The molecular formula is C55H107NO15. The molecule has 0 unspecified atom stereocenters. The molecule has 0 saturated carbocycles. The molecule has 2 aliphatic heterocycles. The first-order chi connectivity index (χ1) is 34.4. The van der Waals surface area contributed by atoms with Crippen LogP contribution in [0.1, 0.15) is 239 Å². The lowest BCUT2D eigenvalue weighted by Gasteiger charge is -2.43. The van der Waals surface area contributed by atoms with Crippen LogP contribution in [0.5, 0.6) is 0 Å². The van der Waals surface area contributed by atoms with Gasteiger partial charge in [0.15, 0.2) is 12.6 Å². The molecule has 16 nitrogen and oxygen atoms in total. The van der Waals surface area contributed by atoms with E-state index in [0.29, 0.717) is 12.8 Å². The van der Waals surface area contributed by atoms with Crippen molar-refractivity contribution in [1.29, 1.82) is 0 Å². The molecule has 2 rings (SSSR count). The van der Waals surface area contributed by atoms with Crippen LogP contribution >= 0.6 is 0 Å². The summed E-state index contributed by atoms with van der Waals surface area (Å²) in [5.41, 5.74) is 0. The van der Waals surface area contributed by atoms with Crippen LogP contribution in [-0.2, 0) is 23.7 Å². The molecular weight excluding hydrogens is 915 g/mol. The molecule has 0 aromatic rings. The van der Waals surface area contributed by atoms with E-state index in [2.05, 4.69) is 19.2 Å². The van der Waals surface area contributed by atoms with Crippen molar-refractivity contribution in [3.63, 3.8) is 0 Å². The average molecular weight is 1020 g/mol. The molecule has 14 atom stereocenters. The highest BCUT2D eigenvalue weighted by molar-refractivity contribution is 5.80. The molecule has 2 fully saturated rings. The highest BCUT2D eigenvalue weighted by Crippen LogP contribution is 2.31. The minimum atomic E-state index is -1.82. The quantitative estimate of drug-likeness (QED) is 0.0277. The number of rotatable bonds is 47. The van der Waals surface area contributed by atoms with Crippen molar-refractivity contribution in [2.24, 2.45) is 0 Å². The highest BCUT2D eigenvalue weighted by Gasteiger charge is 2.52. The van der Waals surface area contributed by atoms with Crippen LogP contribution in [0.3, 0.4) is 0 Å². The van der Waals surface area contributed by atoms with Crippen molar-refractivity contribution in [3.8, 4) is 0 Å². The van der Waals surface area contributed by atoms with Gasteiger partial charge in [0.1, 0.15) is 61.0 Å². The van der Waals surface area contributed by atoms with Gasteiger partial charge in [0, 0.05) is 0 Å². The first kappa shape index (κ1) is 66.0. The minimum absolute atomic E-state index is 0.204. The summed E-state index contributed by atoms with van der Waals surface area (Å²) in [4.78, 5) is 13.4. The lowest BCUT2D eigenvalue weighted by molar-refractivity contribution is -0.332. The summed E-state index contributed by atoms with van der Waals surface area (Å²) in [7, 11) is 0. The molecule has 0 spiro atoms. The number of unbranched alkanes of at least 4 members (excludes halogenated alkanes) is 31. The van der Waals surface area contributed by atoms with Crippen molar-refractivity contribution >= 4 is 5.91 Å². The van der Waals surface area contributed by atoms with Crippen LogP contribution in [-0.4, -0.2) is 163 Å². The molecule has 11 N–H and O–H groups in total. The predicted octanol–water partition coefficient (Wildman–Crippen LogP) is 6.89. The zero-order valence-corrected chi connectivity index (χ0v) is 44.5. The van der Waals surface area contributed by atoms with Crippen molar-refractivity contribution in [2.75, 3.05) is 19.8 Å². The van der Waals surface area contributed by atoms with Crippen molar-refractivity contribution in [1.82, 2.24) is 5.32 Å². The Morgan fingerprint density at radius 3 is 1.32 bits per heavy atom. The third-order valence-electron chi connectivity index (χ3n) is 14.7. The molecule has 1 amide bonds. The van der Waals surface area contributed by atoms with Crippen LogP contribution in [0.2, 0.25) is 0 Å². The maximum Gasteiger partial charge on any atom is 0.249 e. The summed E-state index contributed by atoms with van der Waals surface area (Å²) in [6.45, 7) is 2.40. The second-order valence-corrected chi connectivity index (χ2v) is 21.1. The number of hydrogen-bond donors (Lipinski definition) is 11. The predicted molar refractivity (Wildman–Crippen MR) is 275 cm³/mol. The van der Waals surface area contributed by atoms with Gasteiger partial charge in [0.25, 0.3) is 0 Å². The van der Waals surface area contributed by atoms with Crippen LogP contribution in [0.4, 0.5) is 0 Å². The first-order valence-corrected chi connectivity index (χ1v) is 29.0. The summed E-state index contributed by atoms with van der Waals surface area (Å²) in [5, 5.41) is 109. The fraction of sp³-hybridized carbons (Fsp3) is 0.982. The summed E-state index contributed by atoms with van der Waals surface area (Å²) < 4.78 is 22.6. The Bertz CT molecular complexity index is 1240. The first-order valence-electron chi connectivity index (χ1n) is 29.0. The molecule has 422 valence electrons. The molecule has 0 aromatic heterocycles. The molecule has 2 heterocycles. The maximum absolute atomic E-state index is 13.4. The highest BCUT2D eigenvalue weighted by atomic mass is 16.7. The van der Waals surface area contributed by atoms with Crippen LogP contribution in [0.15, 0.2) is 0 Å². The minimum Gasteiger partial charge on any atom is -0.394 e. The van der Waals surface area contributed by atoms with E-state index in [4.69, 9.17) is 18.9 Å². The number of aliphatic hydroxyl groups excluding tert-OH is 10. The summed E-state index contributed by atoms with van der Waals surface area (Å²) >= 11 is 0. The lowest BCUT2D eigenvalue weighted by Crippen LogP contribution is -2.62. The Hall–Kier alpha value is -1.09. The Morgan fingerprint density at radius 2 is 0.915 bits per heavy atom. The fourth-order valence-corrected chi connectivity index (χ4v) is 9.95. The molecule has 0 aromatic carbocycles. The number of amides is 1. The second-order valence-electron chi connectivity index (χ2n) is 21.1. The van der Waals surface area contributed by atoms with Gasteiger partial charge < -0.3 is 75.3 Å². The van der Waals surface area contributed by atoms with Gasteiger partial charge in [0.2, 0.25) is 5.91 Å². The number of ether oxygens (including phenoxy) is 4. The van der Waals surface area contributed by atoms with E-state index >= 15 is 0 Å². The van der Waals surface area contributed by atoms with Crippen molar-refractivity contribution < 1.29 is 74.8 Å². The van der Waals surface area contributed by atoms with E-state index in [0.717, 1.165) is 44.9 Å². The van der Waals surface area contributed by atoms with E-state index in [1.807, 2.05) is 0 Å². The molecule has 0 aliphatic carbocycles. The van der Waals surface area contributed by atoms with Gasteiger partial charge in [-0.1, -0.05) is 226 Å². The summed E-state index contributed by atoms with van der Waals surface area (Å²) in [6, 6.07) is -1.28. The van der Waals surface area contributed by atoms with E-state index in [1.165, 1.54) is 154 Å². The van der Waals surface area contributed by atoms with Gasteiger partial charge in [-0.05, 0) is 12.8 Å². The lowest BCUT2D eigenvalue weighted by atomic mass is 9.98. The van der Waals surface area contributed by atoms with Gasteiger partial charge in [-0.15, -0.1) is 0 Å². The van der Waals surface area contributed by atoms with Crippen LogP contribution < -0.4 is 5.32 Å².